The second kappa shape index (κ2) is 7.12. The quantitative estimate of drug-likeness (QED) is 0.567. The van der Waals surface area contributed by atoms with Crippen molar-refractivity contribution in [3.8, 4) is 0 Å². The molecule has 0 aromatic heterocycles. The summed E-state index contributed by atoms with van der Waals surface area (Å²) >= 11 is 0. The predicted octanol–water partition coefficient (Wildman–Crippen LogP) is 0.180. The van der Waals surface area contributed by atoms with Crippen molar-refractivity contribution in [3.05, 3.63) is 0 Å². The molecule has 0 radical (unpaired) electrons. The minimum absolute atomic E-state index is 0. The topological polar surface area (TPSA) is 50.4 Å². The molecule has 0 amide bonds. The SMILES string of the molecule is Cl.Cl.NC1=NCCNCC1. The van der Waals surface area contributed by atoms with E-state index in [4.69, 9.17) is 5.73 Å². The predicted molar refractivity (Wildman–Crippen MR) is 48.5 cm³/mol. The van der Waals surface area contributed by atoms with Crippen molar-refractivity contribution in [2.75, 3.05) is 19.6 Å². The molecule has 0 saturated heterocycles. The summed E-state index contributed by atoms with van der Waals surface area (Å²) in [5, 5.41) is 3.18. The molecule has 0 atom stereocenters. The van der Waals surface area contributed by atoms with E-state index in [2.05, 4.69) is 10.3 Å². The smallest absolute Gasteiger partial charge is 0.0950 e. The monoisotopic (exact) mass is 185 g/mol. The highest BCUT2D eigenvalue weighted by atomic mass is 35.5. The van der Waals surface area contributed by atoms with Crippen molar-refractivity contribution in [2.45, 2.75) is 6.42 Å². The largest absolute Gasteiger partial charge is 0.387 e. The molecule has 3 nitrogen and oxygen atoms in total. The Hall–Kier alpha value is 0.01000. The number of aliphatic imine (C=N–C) groups is 1. The van der Waals surface area contributed by atoms with Crippen LogP contribution in [0, 0.1) is 0 Å². The van der Waals surface area contributed by atoms with E-state index in [0.29, 0.717) is 0 Å². The standard InChI is InChI=1S/C5H11N3.2ClH/c6-5-1-2-7-3-4-8-5;;/h7H,1-4H2,(H2,6,8);2*1H. The van der Waals surface area contributed by atoms with Crippen LogP contribution in [-0.2, 0) is 0 Å². The van der Waals surface area contributed by atoms with Crippen LogP contribution in [0.5, 0.6) is 0 Å². The molecule has 3 N–H and O–H groups in total. The molecule has 0 bridgehead atoms. The van der Waals surface area contributed by atoms with E-state index in [1.165, 1.54) is 0 Å². The fourth-order valence-electron chi connectivity index (χ4n) is 0.699. The van der Waals surface area contributed by atoms with Gasteiger partial charge in [-0.2, -0.15) is 0 Å². The second-order valence-corrected chi connectivity index (χ2v) is 1.87. The van der Waals surface area contributed by atoms with Gasteiger partial charge in [0.25, 0.3) is 0 Å². The van der Waals surface area contributed by atoms with Crippen LogP contribution in [0.4, 0.5) is 0 Å². The van der Waals surface area contributed by atoms with Crippen LogP contribution < -0.4 is 11.1 Å². The Balaban J connectivity index is 0. The number of hydrogen-bond acceptors (Lipinski definition) is 3. The molecule has 1 rings (SSSR count). The zero-order chi connectivity index (χ0) is 5.82. The third kappa shape index (κ3) is 4.85. The maximum atomic E-state index is 5.44. The molecule has 0 unspecified atom stereocenters. The highest BCUT2D eigenvalue weighted by Gasteiger charge is 1.95. The summed E-state index contributed by atoms with van der Waals surface area (Å²) in [5.41, 5.74) is 5.44. The molecule has 1 aliphatic rings. The number of nitrogens with one attached hydrogen (secondary N) is 1. The Morgan fingerprint density at radius 1 is 1.30 bits per heavy atom. The average molecular weight is 186 g/mol. The van der Waals surface area contributed by atoms with Crippen molar-refractivity contribution >= 4 is 30.6 Å². The lowest BCUT2D eigenvalue weighted by Gasteiger charge is -1.92. The van der Waals surface area contributed by atoms with Crippen LogP contribution in [0.25, 0.3) is 0 Å². The summed E-state index contributed by atoms with van der Waals surface area (Å²) in [6.07, 6.45) is 0.903. The van der Waals surface area contributed by atoms with Gasteiger partial charge >= 0.3 is 0 Å². The van der Waals surface area contributed by atoms with Gasteiger partial charge in [0.15, 0.2) is 0 Å². The first-order valence-corrected chi connectivity index (χ1v) is 2.89. The number of nitrogens with two attached hydrogens (primary N) is 1. The summed E-state index contributed by atoms with van der Waals surface area (Å²) in [7, 11) is 0. The van der Waals surface area contributed by atoms with Crippen molar-refractivity contribution in [3.63, 3.8) is 0 Å². The Morgan fingerprint density at radius 3 is 2.70 bits per heavy atom. The molecule has 0 fully saturated rings. The lowest BCUT2D eigenvalue weighted by Crippen LogP contribution is -2.18. The molecule has 62 valence electrons. The highest BCUT2D eigenvalue weighted by Crippen LogP contribution is 1.83. The zero-order valence-electron chi connectivity index (χ0n) is 5.67. The maximum Gasteiger partial charge on any atom is 0.0950 e. The molecule has 0 saturated carbocycles. The first-order valence-electron chi connectivity index (χ1n) is 2.89. The van der Waals surface area contributed by atoms with Gasteiger partial charge in [-0.3, -0.25) is 4.99 Å². The van der Waals surface area contributed by atoms with Crippen LogP contribution in [0.1, 0.15) is 6.42 Å². The molecule has 0 aliphatic carbocycles. The van der Waals surface area contributed by atoms with Crippen molar-refractivity contribution < 1.29 is 0 Å². The lowest BCUT2D eigenvalue weighted by molar-refractivity contribution is 0.727. The van der Waals surface area contributed by atoms with Gasteiger partial charge in [0.2, 0.25) is 0 Å². The van der Waals surface area contributed by atoms with E-state index in [9.17, 15) is 0 Å². The first-order chi connectivity index (χ1) is 3.89. The number of hydrogen-bond donors (Lipinski definition) is 2. The first kappa shape index (κ1) is 12.7. The summed E-state index contributed by atoms with van der Waals surface area (Å²) in [6, 6.07) is 0. The number of amidine groups is 1. The second-order valence-electron chi connectivity index (χ2n) is 1.87. The van der Waals surface area contributed by atoms with Crippen LogP contribution >= 0.6 is 24.8 Å². The Bertz CT molecular complexity index is 105. The van der Waals surface area contributed by atoms with E-state index in [-0.39, 0.29) is 24.8 Å². The van der Waals surface area contributed by atoms with E-state index in [1.54, 1.807) is 0 Å². The number of rotatable bonds is 0. The van der Waals surface area contributed by atoms with Gasteiger partial charge < -0.3 is 11.1 Å². The van der Waals surface area contributed by atoms with Crippen LogP contribution in [0.2, 0.25) is 0 Å². The van der Waals surface area contributed by atoms with E-state index in [1.807, 2.05) is 0 Å². The summed E-state index contributed by atoms with van der Waals surface area (Å²) in [6.45, 7) is 2.79. The molecular weight excluding hydrogens is 173 g/mol. The van der Waals surface area contributed by atoms with Crippen LogP contribution in [-0.4, -0.2) is 25.5 Å². The molecule has 0 spiro atoms. The Labute approximate surface area is 73.3 Å². The summed E-state index contributed by atoms with van der Waals surface area (Å²) < 4.78 is 0. The van der Waals surface area contributed by atoms with E-state index < -0.39 is 0 Å². The van der Waals surface area contributed by atoms with E-state index >= 15 is 0 Å². The minimum Gasteiger partial charge on any atom is -0.387 e. The van der Waals surface area contributed by atoms with Gasteiger partial charge in [-0.15, -0.1) is 24.8 Å². The van der Waals surface area contributed by atoms with Gasteiger partial charge in [-0.25, -0.2) is 0 Å². The van der Waals surface area contributed by atoms with Gasteiger partial charge in [0.05, 0.1) is 12.4 Å². The Morgan fingerprint density at radius 2 is 2.00 bits per heavy atom. The summed E-state index contributed by atoms with van der Waals surface area (Å²) in [4.78, 5) is 4.06. The third-order valence-electron chi connectivity index (χ3n) is 1.16. The van der Waals surface area contributed by atoms with E-state index in [0.717, 1.165) is 31.9 Å². The zero-order valence-corrected chi connectivity index (χ0v) is 7.30. The van der Waals surface area contributed by atoms with Gasteiger partial charge in [0, 0.05) is 19.5 Å². The van der Waals surface area contributed by atoms with Gasteiger partial charge in [-0.1, -0.05) is 0 Å². The molecule has 5 heteroatoms. The minimum atomic E-state index is 0. The Kier molecular flexibility index (Phi) is 9.02. The fourth-order valence-corrected chi connectivity index (χ4v) is 0.699. The average Bonchev–Trinajstić information content (AvgIpc) is 1.94. The van der Waals surface area contributed by atoms with Crippen LogP contribution in [0.15, 0.2) is 4.99 Å². The summed E-state index contributed by atoms with van der Waals surface area (Å²) in [5.74, 6) is 0.787. The molecular formula is C5H13Cl2N3. The van der Waals surface area contributed by atoms with Crippen molar-refractivity contribution in [1.82, 2.24) is 5.32 Å². The van der Waals surface area contributed by atoms with Gasteiger partial charge in [0.1, 0.15) is 0 Å². The lowest BCUT2D eigenvalue weighted by atomic mass is 10.4. The molecule has 10 heavy (non-hydrogen) atoms. The number of halogens is 2. The maximum absolute atomic E-state index is 5.44. The molecule has 0 aromatic carbocycles. The molecule has 1 heterocycles. The highest BCUT2D eigenvalue weighted by molar-refractivity contribution is 5.85. The van der Waals surface area contributed by atoms with Gasteiger partial charge in [-0.05, 0) is 0 Å². The van der Waals surface area contributed by atoms with Crippen LogP contribution in [0.3, 0.4) is 0 Å². The van der Waals surface area contributed by atoms with Crippen molar-refractivity contribution in [1.29, 1.82) is 0 Å². The molecule has 0 aromatic rings. The molecule has 1 aliphatic heterocycles. The fraction of sp³-hybridized carbons (Fsp3) is 0.800. The third-order valence-corrected chi connectivity index (χ3v) is 1.16. The number of nitrogens with zero attached hydrogens (tertiary/aromatic N) is 1. The van der Waals surface area contributed by atoms with Crippen molar-refractivity contribution in [2.24, 2.45) is 10.7 Å². The normalized spacial score (nSPS) is 17.4.